The normalized spacial score (nSPS) is 10.2. The van der Waals surface area contributed by atoms with Crippen molar-refractivity contribution < 1.29 is 4.79 Å². The van der Waals surface area contributed by atoms with E-state index in [1.807, 2.05) is 42.3 Å². The van der Waals surface area contributed by atoms with Gasteiger partial charge in [-0.2, -0.15) is 0 Å². The fraction of sp³-hybridized carbons (Fsp3) is 0.357. The summed E-state index contributed by atoms with van der Waals surface area (Å²) in [6, 6.07) is 8.95. The second-order valence-corrected chi connectivity index (χ2v) is 5.57. The number of hydrogen-bond donors (Lipinski definition) is 2. The van der Waals surface area contributed by atoms with Crippen LogP contribution in [0.1, 0.15) is 19.8 Å². The predicted octanol–water partition coefficient (Wildman–Crippen LogP) is 3.42. The molecule has 0 atom stereocenters. The molecule has 1 aromatic carbocycles. The highest BCUT2D eigenvalue weighted by Crippen LogP contribution is 2.23. The molecule has 2 rings (SSSR count). The van der Waals surface area contributed by atoms with Gasteiger partial charge >= 0.3 is 6.03 Å². The van der Waals surface area contributed by atoms with E-state index < -0.39 is 0 Å². The summed E-state index contributed by atoms with van der Waals surface area (Å²) < 4.78 is 0. The Hall–Kier alpha value is -2.15. The molecule has 0 aliphatic rings. The summed E-state index contributed by atoms with van der Waals surface area (Å²) in [5.41, 5.74) is 0.736. The van der Waals surface area contributed by atoms with Crippen molar-refractivity contribution >= 4 is 33.3 Å². The van der Waals surface area contributed by atoms with Crippen LogP contribution in [0.5, 0.6) is 0 Å². The van der Waals surface area contributed by atoms with E-state index in [-0.39, 0.29) is 6.03 Å². The molecule has 6 nitrogen and oxygen atoms in total. The van der Waals surface area contributed by atoms with Crippen LogP contribution in [0.3, 0.4) is 0 Å². The maximum absolute atomic E-state index is 11.8. The van der Waals surface area contributed by atoms with Crippen LogP contribution in [0.4, 0.5) is 20.7 Å². The summed E-state index contributed by atoms with van der Waals surface area (Å²) in [7, 11) is 1.98. The molecule has 0 saturated carbocycles. The summed E-state index contributed by atoms with van der Waals surface area (Å²) in [6.45, 7) is 3.08. The molecule has 21 heavy (non-hydrogen) atoms. The maximum Gasteiger partial charge on any atom is 0.325 e. The molecule has 1 aromatic heterocycles. The Kier molecular flexibility index (Phi) is 5.51. The number of para-hydroxylation sites is 1. The van der Waals surface area contributed by atoms with Crippen LogP contribution in [0, 0.1) is 0 Å². The third kappa shape index (κ3) is 4.71. The second-order valence-electron chi connectivity index (χ2n) is 4.61. The lowest BCUT2D eigenvalue weighted by molar-refractivity contribution is 0.262. The molecule has 0 saturated heterocycles. The molecule has 0 fully saturated rings. The quantitative estimate of drug-likeness (QED) is 0.858. The van der Waals surface area contributed by atoms with E-state index in [2.05, 4.69) is 27.8 Å². The first-order valence-corrected chi connectivity index (χ1v) is 7.68. The van der Waals surface area contributed by atoms with E-state index in [0.29, 0.717) is 5.13 Å². The van der Waals surface area contributed by atoms with Crippen LogP contribution < -0.4 is 15.5 Å². The number of aromatic nitrogens is 2. The number of benzene rings is 1. The Morgan fingerprint density at radius 2 is 2.00 bits per heavy atom. The molecular weight excluding hydrogens is 286 g/mol. The van der Waals surface area contributed by atoms with Crippen molar-refractivity contribution in [2.45, 2.75) is 19.8 Å². The van der Waals surface area contributed by atoms with Gasteiger partial charge in [-0.25, -0.2) is 4.79 Å². The summed E-state index contributed by atoms with van der Waals surface area (Å²) in [4.78, 5) is 13.9. The van der Waals surface area contributed by atoms with Crippen molar-refractivity contribution in [3.05, 3.63) is 30.3 Å². The van der Waals surface area contributed by atoms with Crippen LogP contribution >= 0.6 is 11.3 Å². The lowest BCUT2D eigenvalue weighted by atomic mass is 10.3. The third-order valence-electron chi connectivity index (χ3n) is 2.84. The Morgan fingerprint density at radius 3 is 2.71 bits per heavy atom. The van der Waals surface area contributed by atoms with Crippen molar-refractivity contribution in [3.8, 4) is 0 Å². The van der Waals surface area contributed by atoms with Crippen molar-refractivity contribution in [2.75, 3.05) is 29.1 Å². The first-order valence-electron chi connectivity index (χ1n) is 6.86. The van der Waals surface area contributed by atoms with Crippen LogP contribution in [0.2, 0.25) is 0 Å². The van der Waals surface area contributed by atoms with Gasteiger partial charge in [0.25, 0.3) is 0 Å². The molecule has 0 unspecified atom stereocenters. The minimum atomic E-state index is -0.319. The molecule has 2 amide bonds. The zero-order chi connectivity index (χ0) is 15.1. The molecule has 0 radical (unpaired) electrons. The van der Waals surface area contributed by atoms with E-state index in [0.717, 1.165) is 30.2 Å². The first-order chi connectivity index (χ1) is 10.2. The standard InChI is InChI=1S/C14H19N5OS/c1-3-4-10-19(2)14-18-17-13(21-14)16-12(20)15-11-8-6-5-7-9-11/h5-9H,3-4,10H2,1-2H3,(H2,15,16,17,20). The van der Waals surface area contributed by atoms with Gasteiger partial charge < -0.3 is 10.2 Å². The van der Waals surface area contributed by atoms with E-state index in [1.165, 1.54) is 11.3 Å². The van der Waals surface area contributed by atoms with Gasteiger partial charge in [-0.05, 0) is 18.6 Å². The number of rotatable bonds is 6. The Balaban J connectivity index is 1.88. The summed E-state index contributed by atoms with van der Waals surface area (Å²) in [5, 5.41) is 14.8. The van der Waals surface area contributed by atoms with Gasteiger partial charge in [-0.1, -0.05) is 42.9 Å². The van der Waals surface area contributed by atoms with E-state index >= 15 is 0 Å². The average molecular weight is 305 g/mol. The highest BCUT2D eigenvalue weighted by Gasteiger charge is 2.10. The van der Waals surface area contributed by atoms with Crippen molar-refractivity contribution in [1.29, 1.82) is 0 Å². The molecule has 0 spiro atoms. The molecule has 2 aromatic rings. The number of nitrogens with one attached hydrogen (secondary N) is 2. The SMILES string of the molecule is CCCCN(C)c1nnc(NC(=O)Nc2ccccc2)s1. The van der Waals surface area contributed by atoms with Gasteiger partial charge in [0.15, 0.2) is 0 Å². The predicted molar refractivity (Wildman–Crippen MR) is 87.2 cm³/mol. The number of nitrogens with zero attached hydrogens (tertiary/aromatic N) is 3. The largest absolute Gasteiger partial charge is 0.350 e. The average Bonchev–Trinajstić information content (AvgIpc) is 2.94. The van der Waals surface area contributed by atoms with Gasteiger partial charge in [-0.3, -0.25) is 5.32 Å². The Morgan fingerprint density at radius 1 is 1.24 bits per heavy atom. The molecule has 0 aliphatic heterocycles. The number of anilines is 3. The molecule has 112 valence electrons. The second kappa shape index (κ2) is 7.58. The highest BCUT2D eigenvalue weighted by molar-refractivity contribution is 7.19. The number of hydrogen-bond acceptors (Lipinski definition) is 5. The number of unbranched alkanes of at least 4 members (excludes halogenated alkanes) is 1. The fourth-order valence-corrected chi connectivity index (χ4v) is 2.42. The molecule has 1 heterocycles. The zero-order valence-corrected chi connectivity index (χ0v) is 13.0. The van der Waals surface area contributed by atoms with Crippen LogP contribution in [-0.2, 0) is 0 Å². The van der Waals surface area contributed by atoms with Crippen LogP contribution in [-0.4, -0.2) is 29.8 Å². The van der Waals surface area contributed by atoms with Gasteiger partial charge in [0.2, 0.25) is 10.3 Å². The molecule has 2 N–H and O–H groups in total. The highest BCUT2D eigenvalue weighted by atomic mass is 32.1. The Bertz CT molecular complexity index is 572. The third-order valence-corrected chi connectivity index (χ3v) is 3.79. The minimum Gasteiger partial charge on any atom is -0.350 e. The molecular formula is C14H19N5OS. The lowest BCUT2D eigenvalue weighted by Crippen LogP contribution is -2.19. The monoisotopic (exact) mass is 305 g/mol. The smallest absolute Gasteiger partial charge is 0.325 e. The number of urea groups is 1. The molecule has 7 heteroatoms. The summed E-state index contributed by atoms with van der Waals surface area (Å²) in [6.07, 6.45) is 2.24. The van der Waals surface area contributed by atoms with Crippen LogP contribution in [0.25, 0.3) is 0 Å². The first kappa shape index (κ1) is 15.2. The van der Waals surface area contributed by atoms with Gasteiger partial charge in [0.05, 0.1) is 0 Å². The number of amides is 2. The zero-order valence-electron chi connectivity index (χ0n) is 12.2. The molecule has 0 aliphatic carbocycles. The maximum atomic E-state index is 11.8. The summed E-state index contributed by atoms with van der Waals surface area (Å²) in [5.74, 6) is 0. The van der Waals surface area contributed by atoms with Gasteiger partial charge in [-0.15, -0.1) is 10.2 Å². The van der Waals surface area contributed by atoms with Gasteiger partial charge in [0, 0.05) is 19.3 Å². The molecule has 0 bridgehead atoms. The number of carbonyl (C=O) groups is 1. The van der Waals surface area contributed by atoms with E-state index in [4.69, 9.17) is 0 Å². The van der Waals surface area contributed by atoms with Crippen LogP contribution in [0.15, 0.2) is 30.3 Å². The fourth-order valence-electron chi connectivity index (χ4n) is 1.69. The minimum absolute atomic E-state index is 0.319. The van der Waals surface area contributed by atoms with Gasteiger partial charge in [0.1, 0.15) is 0 Å². The summed E-state index contributed by atoms with van der Waals surface area (Å²) >= 11 is 1.36. The van der Waals surface area contributed by atoms with Crippen molar-refractivity contribution in [3.63, 3.8) is 0 Å². The topological polar surface area (TPSA) is 70.2 Å². The van der Waals surface area contributed by atoms with Crippen molar-refractivity contribution in [1.82, 2.24) is 10.2 Å². The number of carbonyl (C=O) groups excluding carboxylic acids is 1. The van der Waals surface area contributed by atoms with Crippen molar-refractivity contribution in [2.24, 2.45) is 0 Å². The Labute approximate surface area is 128 Å². The lowest BCUT2D eigenvalue weighted by Gasteiger charge is -2.13. The van der Waals surface area contributed by atoms with E-state index in [9.17, 15) is 4.79 Å². The van der Waals surface area contributed by atoms with E-state index in [1.54, 1.807) is 0 Å².